The van der Waals surface area contributed by atoms with Gasteiger partial charge < -0.3 is 24.7 Å². The van der Waals surface area contributed by atoms with Crippen molar-refractivity contribution in [3.05, 3.63) is 72.8 Å². The van der Waals surface area contributed by atoms with E-state index in [0.29, 0.717) is 12.3 Å². The number of piperidine rings is 1. The van der Waals surface area contributed by atoms with E-state index in [0.717, 1.165) is 59.4 Å². The molecule has 34 heavy (non-hydrogen) atoms. The molecule has 2 aromatic carbocycles. The molecule has 2 aliphatic heterocycles. The van der Waals surface area contributed by atoms with E-state index in [9.17, 15) is 4.79 Å². The Hall–Kier alpha value is -3.75. The first-order valence-corrected chi connectivity index (χ1v) is 11.5. The molecule has 1 amide bonds. The molecule has 2 aromatic heterocycles. The summed E-state index contributed by atoms with van der Waals surface area (Å²) in [5.74, 6) is 0.231. The largest absolute Gasteiger partial charge is 0.462 e. The van der Waals surface area contributed by atoms with Crippen LogP contribution in [0, 0.1) is 0 Å². The Kier molecular flexibility index (Phi) is 5.24. The van der Waals surface area contributed by atoms with Crippen LogP contribution in [0.25, 0.3) is 22.2 Å². The predicted molar refractivity (Wildman–Crippen MR) is 128 cm³/mol. The molecular weight excluding hydrogens is 430 g/mol. The van der Waals surface area contributed by atoms with E-state index in [1.54, 1.807) is 18.7 Å². The van der Waals surface area contributed by atoms with Crippen molar-refractivity contribution < 1.29 is 14.3 Å². The lowest BCUT2D eigenvalue weighted by atomic mass is 10.0. The number of carbonyl (C=O) groups is 1. The minimum Gasteiger partial charge on any atom is -0.462 e. The van der Waals surface area contributed by atoms with Gasteiger partial charge in [-0.1, -0.05) is 18.2 Å². The Labute approximate surface area is 196 Å². The summed E-state index contributed by atoms with van der Waals surface area (Å²) in [5, 5.41) is 6.30. The molecule has 4 heterocycles. The van der Waals surface area contributed by atoms with Crippen molar-refractivity contribution in [2.75, 3.05) is 18.4 Å². The lowest BCUT2D eigenvalue weighted by Crippen LogP contribution is -2.49. The summed E-state index contributed by atoms with van der Waals surface area (Å²) in [4.78, 5) is 21.4. The number of aromatic nitrogens is 3. The lowest BCUT2D eigenvalue weighted by molar-refractivity contribution is -0.218. The number of benzene rings is 2. The summed E-state index contributed by atoms with van der Waals surface area (Å²) in [6, 6.07) is 15.8. The standard InChI is InChI=1S/C26H25N5O3/c32-25(15-31-17-29-22-3-1-2-4-23(22)31)30-21-12-19(13-28-14-21)18-5-6-24-20(11-18)16-33-26(34-24)7-9-27-10-8-26/h1-6,11-14,17,27H,7-10,15-16H2,(H,30,32). The zero-order valence-electron chi connectivity index (χ0n) is 18.7. The van der Waals surface area contributed by atoms with Gasteiger partial charge >= 0.3 is 0 Å². The first kappa shape index (κ1) is 20.8. The lowest BCUT2D eigenvalue weighted by Gasteiger charge is -2.41. The number of imidazole rings is 1. The quantitative estimate of drug-likeness (QED) is 0.487. The highest BCUT2D eigenvalue weighted by molar-refractivity contribution is 5.92. The smallest absolute Gasteiger partial charge is 0.244 e. The normalized spacial score (nSPS) is 16.7. The van der Waals surface area contributed by atoms with Crippen LogP contribution in [0.5, 0.6) is 5.75 Å². The molecule has 0 bridgehead atoms. The minimum absolute atomic E-state index is 0.137. The minimum atomic E-state index is -0.508. The molecule has 0 radical (unpaired) electrons. The van der Waals surface area contributed by atoms with Crippen LogP contribution in [0.3, 0.4) is 0 Å². The molecule has 6 rings (SSSR count). The fourth-order valence-corrected chi connectivity index (χ4v) is 4.62. The van der Waals surface area contributed by atoms with Crippen LogP contribution in [0.1, 0.15) is 18.4 Å². The van der Waals surface area contributed by atoms with Gasteiger partial charge in [-0.2, -0.15) is 0 Å². The van der Waals surface area contributed by atoms with Crippen LogP contribution in [0.15, 0.2) is 67.3 Å². The van der Waals surface area contributed by atoms with Crippen molar-refractivity contribution in [1.29, 1.82) is 0 Å². The van der Waals surface area contributed by atoms with Gasteiger partial charge in [-0.05, 0) is 35.9 Å². The van der Waals surface area contributed by atoms with Crippen molar-refractivity contribution in [3.8, 4) is 16.9 Å². The van der Waals surface area contributed by atoms with Crippen molar-refractivity contribution in [1.82, 2.24) is 19.9 Å². The number of hydrogen-bond acceptors (Lipinski definition) is 6. The van der Waals surface area contributed by atoms with Gasteiger partial charge in [0.25, 0.3) is 0 Å². The Balaban J connectivity index is 1.17. The number of ether oxygens (including phenoxy) is 2. The highest BCUT2D eigenvalue weighted by Crippen LogP contribution is 2.38. The zero-order chi connectivity index (χ0) is 23.0. The van der Waals surface area contributed by atoms with Gasteiger partial charge in [-0.3, -0.25) is 9.78 Å². The Morgan fingerprint density at radius 1 is 1.09 bits per heavy atom. The van der Waals surface area contributed by atoms with E-state index in [4.69, 9.17) is 9.47 Å². The van der Waals surface area contributed by atoms with Crippen LogP contribution < -0.4 is 15.4 Å². The van der Waals surface area contributed by atoms with E-state index >= 15 is 0 Å². The second-order valence-electron chi connectivity index (χ2n) is 8.75. The van der Waals surface area contributed by atoms with E-state index < -0.39 is 5.79 Å². The summed E-state index contributed by atoms with van der Waals surface area (Å²) in [6.07, 6.45) is 6.81. The monoisotopic (exact) mass is 455 g/mol. The molecule has 8 nitrogen and oxygen atoms in total. The summed E-state index contributed by atoms with van der Waals surface area (Å²) in [7, 11) is 0. The van der Waals surface area contributed by atoms with Crippen molar-refractivity contribution in [2.24, 2.45) is 0 Å². The number of nitrogens with one attached hydrogen (secondary N) is 2. The average molecular weight is 456 g/mol. The summed E-state index contributed by atoms with van der Waals surface area (Å²) in [6.45, 7) is 2.49. The number of rotatable bonds is 4. The van der Waals surface area contributed by atoms with E-state index in [1.807, 2.05) is 47.0 Å². The van der Waals surface area contributed by atoms with Crippen molar-refractivity contribution in [2.45, 2.75) is 31.8 Å². The Morgan fingerprint density at radius 2 is 1.97 bits per heavy atom. The van der Waals surface area contributed by atoms with Gasteiger partial charge in [0.1, 0.15) is 12.3 Å². The number of nitrogens with zero attached hydrogens (tertiary/aromatic N) is 3. The van der Waals surface area contributed by atoms with Crippen molar-refractivity contribution >= 4 is 22.6 Å². The maximum absolute atomic E-state index is 12.7. The first-order valence-electron chi connectivity index (χ1n) is 11.5. The Morgan fingerprint density at radius 3 is 2.88 bits per heavy atom. The molecule has 172 valence electrons. The molecule has 1 saturated heterocycles. The number of para-hydroxylation sites is 2. The molecule has 2 N–H and O–H groups in total. The van der Waals surface area contributed by atoms with Crippen LogP contribution in [0.2, 0.25) is 0 Å². The number of fused-ring (bicyclic) bond motifs is 2. The van der Waals surface area contributed by atoms with Crippen molar-refractivity contribution in [3.63, 3.8) is 0 Å². The molecule has 0 saturated carbocycles. The molecule has 2 aliphatic rings. The second kappa shape index (κ2) is 8.55. The number of carbonyl (C=O) groups excluding carboxylic acids is 1. The highest BCUT2D eigenvalue weighted by atomic mass is 16.7. The van der Waals surface area contributed by atoms with Gasteiger partial charge in [-0.25, -0.2) is 4.98 Å². The zero-order valence-corrected chi connectivity index (χ0v) is 18.7. The SMILES string of the molecule is O=C(Cn1cnc2ccccc21)Nc1cncc(-c2ccc3c(c2)COC2(CCNCC2)O3)c1. The van der Waals surface area contributed by atoms with Gasteiger partial charge in [0.05, 0.1) is 35.9 Å². The molecule has 0 unspecified atom stereocenters. The third-order valence-corrected chi connectivity index (χ3v) is 6.41. The maximum atomic E-state index is 12.7. The van der Waals surface area contributed by atoms with Crippen LogP contribution in [-0.2, 0) is 22.7 Å². The van der Waals surface area contributed by atoms with Gasteiger partial charge in [0.15, 0.2) is 0 Å². The summed E-state index contributed by atoms with van der Waals surface area (Å²) in [5.41, 5.74) is 5.36. The van der Waals surface area contributed by atoms with Crippen LogP contribution >= 0.6 is 0 Å². The molecule has 4 aromatic rings. The summed E-state index contributed by atoms with van der Waals surface area (Å²) >= 11 is 0. The van der Waals surface area contributed by atoms with Gasteiger partial charge in [-0.15, -0.1) is 0 Å². The number of hydrogen-bond donors (Lipinski definition) is 2. The highest BCUT2D eigenvalue weighted by Gasteiger charge is 2.38. The number of anilines is 1. The van der Waals surface area contributed by atoms with E-state index in [1.165, 1.54) is 0 Å². The Bertz CT molecular complexity index is 1360. The van der Waals surface area contributed by atoms with Gasteiger partial charge in [0.2, 0.25) is 11.7 Å². The predicted octanol–water partition coefficient (Wildman–Crippen LogP) is 3.73. The molecule has 1 fully saturated rings. The fourth-order valence-electron chi connectivity index (χ4n) is 4.62. The van der Waals surface area contributed by atoms with E-state index in [2.05, 4.69) is 26.7 Å². The first-order chi connectivity index (χ1) is 16.7. The molecule has 1 spiro atoms. The number of amides is 1. The van der Waals surface area contributed by atoms with Crippen LogP contribution in [0.4, 0.5) is 5.69 Å². The average Bonchev–Trinajstić information content (AvgIpc) is 3.27. The molecule has 0 aliphatic carbocycles. The third-order valence-electron chi connectivity index (χ3n) is 6.41. The van der Waals surface area contributed by atoms with Gasteiger partial charge in [0, 0.05) is 43.3 Å². The second-order valence-corrected chi connectivity index (χ2v) is 8.75. The molecule has 0 atom stereocenters. The number of pyridine rings is 1. The molecular formula is C26H25N5O3. The third kappa shape index (κ3) is 4.02. The fraction of sp³-hybridized carbons (Fsp3) is 0.269. The summed E-state index contributed by atoms with van der Waals surface area (Å²) < 4.78 is 14.2. The van der Waals surface area contributed by atoms with Crippen LogP contribution in [-0.4, -0.2) is 39.3 Å². The maximum Gasteiger partial charge on any atom is 0.244 e. The van der Waals surface area contributed by atoms with E-state index in [-0.39, 0.29) is 12.5 Å². The topological polar surface area (TPSA) is 90.3 Å². The molecule has 8 heteroatoms.